The van der Waals surface area contributed by atoms with Gasteiger partial charge in [-0.05, 0) is 41.5 Å². The van der Waals surface area contributed by atoms with Gasteiger partial charge in [-0.1, -0.05) is 48.5 Å². The van der Waals surface area contributed by atoms with Gasteiger partial charge in [0.25, 0.3) is 0 Å². The van der Waals surface area contributed by atoms with E-state index in [-0.39, 0.29) is 43.1 Å². The first kappa shape index (κ1) is 22.4. The predicted octanol–water partition coefficient (Wildman–Crippen LogP) is 3.01. The van der Waals surface area contributed by atoms with Crippen molar-refractivity contribution in [3.63, 3.8) is 0 Å². The van der Waals surface area contributed by atoms with Crippen LogP contribution in [0.5, 0.6) is 0 Å². The molecule has 0 radical (unpaired) electrons. The quantitative estimate of drug-likeness (QED) is 0.653. The SMILES string of the molecule is O=C(O)COC1CN(C(=O)[C@@H]2CC[C@H](NC(=O)OCC3c4ccccc4-c4ccccc43)C2)C1. The van der Waals surface area contributed by atoms with E-state index in [1.807, 2.05) is 24.3 Å². The van der Waals surface area contributed by atoms with E-state index in [2.05, 4.69) is 29.6 Å². The number of hydrogen-bond donors (Lipinski definition) is 2. The molecular weight excluding hydrogens is 436 g/mol. The maximum Gasteiger partial charge on any atom is 0.407 e. The lowest BCUT2D eigenvalue weighted by Gasteiger charge is -2.40. The highest BCUT2D eigenvalue weighted by atomic mass is 16.5. The molecule has 1 aliphatic heterocycles. The molecule has 0 aromatic heterocycles. The number of fused-ring (bicyclic) bond motifs is 3. The van der Waals surface area contributed by atoms with E-state index in [1.54, 1.807) is 4.90 Å². The molecule has 8 nitrogen and oxygen atoms in total. The second kappa shape index (κ2) is 9.46. The minimum Gasteiger partial charge on any atom is -0.480 e. The van der Waals surface area contributed by atoms with Crippen LogP contribution in [0.1, 0.15) is 36.3 Å². The van der Waals surface area contributed by atoms with Crippen molar-refractivity contribution in [3.05, 3.63) is 59.7 Å². The molecule has 2 aromatic rings. The molecule has 1 saturated carbocycles. The Labute approximate surface area is 197 Å². The fourth-order valence-corrected chi connectivity index (χ4v) is 5.31. The summed E-state index contributed by atoms with van der Waals surface area (Å²) in [5.41, 5.74) is 4.71. The van der Waals surface area contributed by atoms with Crippen LogP contribution in [0.25, 0.3) is 11.1 Å². The molecule has 2 aliphatic carbocycles. The molecule has 0 unspecified atom stereocenters. The van der Waals surface area contributed by atoms with E-state index in [4.69, 9.17) is 14.6 Å². The molecule has 5 rings (SSSR count). The van der Waals surface area contributed by atoms with Gasteiger partial charge in [-0.2, -0.15) is 0 Å². The maximum absolute atomic E-state index is 12.7. The zero-order chi connectivity index (χ0) is 23.7. The first-order chi connectivity index (χ1) is 16.5. The number of rotatable bonds is 7. The Hall–Kier alpha value is -3.39. The normalized spacial score (nSPS) is 21.5. The van der Waals surface area contributed by atoms with E-state index < -0.39 is 12.1 Å². The van der Waals surface area contributed by atoms with Crippen molar-refractivity contribution in [2.75, 3.05) is 26.3 Å². The third kappa shape index (κ3) is 4.50. The van der Waals surface area contributed by atoms with Crippen LogP contribution in [0.15, 0.2) is 48.5 Å². The van der Waals surface area contributed by atoms with Crippen LogP contribution in [0, 0.1) is 5.92 Å². The van der Waals surface area contributed by atoms with Crippen molar-refractivity contribution in [1.29, 1.82) is 0 Å². The minimum absolute atomic E-state index is 0.0127. The van der Waals surface area contributed by atoms with E-state index in [0.29, 0.717) is 25.9 Å². The smallest absolute Gasteiger partial charge is 0.407 e. The third-order valence-electron chi connectivity index (χ3n) is 7.05. The van der Waals surface area contributed by atoms with Crippen LogP contribution in [-0.4, -0.2) is 66.4 Å². The molecule has 0 bridgehead atoms. The van der Waals surface area contributed by atoms with Gasteiger partial charge < -0.3 is 24.8 Å². The summed E-state index contributed by atoms with van der Waals surface area (Å²) in [7, 11) is 0. The summed E-state index contributed by atoms with van der Waals surface area (Å²) in [5, 5.41) is 11.6. The molecule has 2 atom stereocenters. The fraction of sp³-hybridized carbons (Fsp3) is 0.423. The van der Waals surface area contributed by atoms with Gasteiger partial charge in [-0.25, -0.2) is 9.59 Å². The zero-order valence-corrected chi connectivity index (χ0v) is 18.8. The molecule has 1 heterocycles. The Morgan fingerprint density at radius 3 is 2.26 bits per heavy atom. The first-order valence-corrected chi connectivity index (χ1v) is 11.7. The number of alkyl carbamates (subject to hydrolysis) is 1. The Bertz CT molecular complexity index is 1050. The maximum atomic E-state index is 12.7. The number of likely N-dealkylation sites (tertiary alicyclic amines) is 1. The van der Waals surface area contributed by atoms with Gasteiger partial charge in [0.1, 0.15) is 13.2 Å². The van der Waals surface area contributed by atoms with Crippen molar-refractivity contribution >= 4 is 18.0 Å². The highest BCUT2D eigenvalue weighted by molar-refractivity contribution is 5.81. The van der Waals surface area contributed by atoms with Crippen LogP contribution < -0.4 is 5.32 Å². The summed E-state index contributed by atoms with van der Waals surface area (Å²) < 4.78 is 10.8. The Morgan fingerprint density at radius 2 is 1.62 bits per heavy atom. The second-order valence-corrected chi connectivity index (χ2v) is 9.25. The van der Waals surface area contributed by atoms with E-state index in [0.717, 1.165) is 6.42 Å². The molecule has 1 saturated heterocycles. The average molecular weight is 465 g/mol. The van der Waals surface area contributed by atoms with E-state index >= 15 is 0 Å². The molecule has 0 spiro atoms. The number of nitrogens with zero attached hydrogens (tertiary/aromatic N) is 1. The zero-order valence-electron chi connectivity index (χ0n) is 18.8. The van der Waals surface area contributed by atoms with Gasteiger partial charge in [-0.3, -0.25) is 4.79 Å². The number of amides is 2. The number of carbonyl (C=O) groups is 3. The summed E-state index contributed by atoms with van der Waals surface area (Å²) in [5.74, 6) is -1.09. The molecule has 178 valence electrons. The van der Waals surface area contributed by atoms with E-state index in [9.17, 15) is 14.4 Å². The van der Waals surface area contributed by atoms with Crippen LogP contribution >= 0.6 is 0 Å². The molecular formula is C26H28N2O6. The highest BCUT2D eigenvalue weighted by Gasteiger charge is 2.39. The fourth-order valence-electron chi connectivity index (χ4n) is 5.31. The largest absolute Gasteiger partial charge is 0.480 e. The third-order valence-corrected chi connectivity index (χ3v) is 7.05. The number of nitrogens with one attached hydrogen (secondary N) is 1. The molecule has 2 aromatic carbocycles. The highest BCUT2D eigenvalue weighted by Crippen LogP contribution is 2.44. The first-order valence-electron chi connectivity index (χ1n) is 11.7. The Kier molecular flexibility index (Phi) is 6.24. The van der Waals surface area contributed by atoms with Crippen LogP contribution in [-0.2, 0) is 19.1 Å². The molecule has 2 N–H and O–H groups in total. The van der Waals surface area contributed by atoms with Gasteiger partial charge in [0.05, 0.1) is 6.10 Å². The molecule has 3 aliphatic rings. The van der Waals surface area contributed by atoms with Crippen LogP contribution in [0.4, 0.5) is 4.79 Å². The van der Waals surface area contributed by atoms with Crippen molar-refractivity contribution in [2.24, 2.45) is 5.92 Å². The lowest BCUT2D eigenvalue weighted by Crippen LogP contribution is -2.56. The van der Waals surface area contributed by atoms with Crippen LogP contribution in [0.3, 0.4) is 0 Å². The molecule has 34 heavy (non-hydrogen) atoms. The van der Waals surface area contributed by atoms with Crippen molar-refractivity contribution in [2.45, 2.75) is 37.3 Å². The number of aliphatic carboxylic acids is 1. The van der Waals surface area contributed by atoms with E-state index in [1.165, 1.54) is 22.3 Å². The lowest BCUT2D eigenvalue weighted by atomic mass is 9.98. The average Bonchev–Trinajstić information content (AvgIpc) is 3.39. The van der Waals surface area contributed by atoms with Crippen molar-refractivity contribution in [3.8, 4) is 11.1 Å². The summed E-state index contributed by atoms with van der Waals surface area (Å²) in [6, 6.07) is 16.3. The molecule has 2 amide bonds. The number of carbonyl (C=O) groups excluding carboxylic acids is 2. The number of carboxylic acids is 1. The summed E-state index contributed by atoms with van der Waals surface area (Å²) in [4.78, 5) is 37.5. The second-order valence-electron chi connectivity index (χ2n) is 9.25. The summed E-state index contributed by atoms with van der Waals surface area (Å²) in [6.45, 7) is 0.767. The monoisotopic (exact) mass is 464 g/mol. The number of ether oxygens (including phenoxy) is 2. The summed E-state index contributed by atoms with van der Waals surface area (Å²) in [6.07, 6.45) is 1.36. The van der Waals surface area contributed by atoms with Gasteiger partial charge in [-0.15, -0.1) is 0 Å². The Balaban J connectivity index is 1.09. The van der Waals surface area contributed by atoms with Gasteiger partial charge in [0.2, 0.25) is 5.91 Å². The van der Waals surface area contributed by atoms with Gasteiger partial charge in [0, 0.05) is 31.0 Å². The number of carboxylic acid groups (broad SMARTS) is 1. The number of hydrogen-bond acceptors (Lipinski definition) is 5. The van der Waals surface area contributed by atoms with Gasteiger partial charge in [0.15, 0.2) is 0 Å². The topological polar surface area (TPSA) is 105 Å². The summed E-state index contributed by atoms with van der Waals surface area (Å²) >= 11 is 0. The lowest BCUT2D eigenvalue weighted by molar-refractivity contribution is -0.156. The number of benzene rings is 2. The standard InChI is InChI=1S/C26H28N2O6/c29-24(30)15-33-18-12-28(13-18)25(31)16-9-10-17(11-16)27-26(32)34-14-23-21-7-3-1-5-19(21)20-6-2-4-8-22(20)23/h1-8,16-18,23H,9-15H2,(H,27,32)(H,29,30)/t16-,17+/m1/s1. The molecule has 8 heteroatoms. The minimum atomic E-state index is -1.01. The van der Waals surface area contributed by atoms with Crippen molar-refractivity contribution < 1.29 is 29.0 Å². The predicted molar refractivity (Wildman–Crippen MR) is 123 cm³/mol. The van der Waals surface area contributed by atoms with Gasteiger partial charge >= 0.3 is 12.1 Å². The van der Waals surface area contributed by atoms with Crippen molar-refractivity contribution in [1.82, 2.24) is 10.2 Å². The Morgan fingerprint density at radius 1 is 0.971 bits per heavy atom. The van der Waals surface area contributed by atoms with Crippen LogP contribution in [0.2, 0.25) is 0 Å². The molecule has 2 fully saturated rings.